The normalized spacial score (nSPS) is 15.1. The van der Waals surface area contributed by atoms with Crippen molar-refractivity contribution in [3.05, 3.63) is 52.5 Å². The molecular weight excluding hydrogens is 350 g/mol. The first kappa shape index (κ1) is 18.5. The number of nitrogens with one attached hydrogen (secondary N) is 1. The summed E-state index contributed by atoms with van der Waals surface area (Å²) in [5.41, 5.74) is 3.17. The minimum atomic E-state index is -0.381. The summed E-state index contributed by atoms with van der Waals surface area (Å²) in [4.78, 5) is 17.2. The van der Waals surface area contributed by atoms with Gasteiger partial charge in [0.15, 0.2) is 0 Å². The number of carbonyl (C=O) groups is 1. The SMILES string of the molecule is CCN1CCN(c2ccc(NC(=O)c3cc(Cl)ccc3O)cc2C)CC1. The van der Waals surface area contributed by atoms with Crippen LogP contribution in [0.4, 0.5) is 11.4 Å². The van der Waals surface area contributed by atoms with Crippen LogP contribution >= 0.6 is 11.6 Å². The number of rotatable bonds is 4. The van der Waals surface area contributed by atoms with E-state index in [2.05, 4.69) is 22.0 Å². The summed E-state index contributed by atoms with van der Waals surface area (Å²) in [7, 11) is 0. The molecule has 0 unspecified atom stereocenters. The zero-order valence-electron chi connectivity index (χ0n) is 15.1. The molecule has 0 aliphatic carbocycles. The van der Waals surface area contributed by atoms with Crippen molar-refractivity contribution in [1.29, 1.82) is 0 Å². The molecule has 0 atom stereocenters. The summed E-state index contributed by atoms with van der Waals surface area (Å²) in [5.74, 6) is -0.470. The fourth-order valence-electron chi connectivity index (χ4n) is 3.28. The lowest BCUT2D eigenvalue weighted by atomic mass is 10.1. The van der Waals surface area contributed by atoms with Crippen LogP contribution in [0.25, 0.3) is 0 Å². The van der Waals surface area contributed by atoms with Gasteiger partial charge < -0.3 is 20.2 Å². The lowest BCUT2D eigenvalue weighted by molar-refractivity contribution is 0.102. The largest absolute Gasteiger partial charge is 0.507 e. The van der Waals surface area contributed by atoms with Gasteiger partial charge in [0.2, 0.25) is 0 Å². The average molecular weight is 374 g/mol. The van der Waals surface area contributed by atoms with Gasteiger partial charge in [0.25, 0.3) is 5.91 Å². The quantitative estimate of drug-likeness (QED) is 0.857. The number of benzene rings is 2. The summed E-state index contributed by atoms with van der Waals surface area (Å²) in [6.07, 6.45) is 0. The zero-order valence-corrected chi connectivity index (χ0v) is 15.9. The van der Waals surface area contributed by atoms with E-state index in [1.165, 1.54) is 17.8 Å². The topological polar surface area (TPSA) is 55.8 Å². The number of nitrogens with zero attached hydrogens (tertiary/aromatic N) is 2. The summed E-state index contributed by atoms with van der Waals surface area (Å²) in [6, 6.07) is 10.3. The van der Waals surface area contributed by atoms with Crippen molar-refractivity contribution in [2.24, 2.45) is 0 Å². The smallest absolute Gasteiger partial charge is 0.259 e. The van der Waals surface area contributed by atoms with E-state index in [0.717, 1.165) is 38.3 Å². The van der Waals surface area contributed by atoms with Crippen molar-refractivity contribution in [2.45, 2.75) is 13.8 Å². The first-order valence-corrected chi connectivity index (χ1v) is 9.23. The predicted octanol–water partition coefficient (Wildman–Crippen LogP) is 3.75. The van der Waals surface area contributed by atoms with Crippen LogP contribution in [0.3, 0.4) is 0 Å². The average Bonchev–Trinajstić information content (AvgIpc) is 2.64. The highest BCUT2D eigenvalue weighted by Gasteiger charge is 2.18. The van der Waals surface area contributed by atoms with Crippen molar-refractivity contribution < 1.29 is 9.90 Å². The van der Waals surface area contributed by atoms with Crippen molar-refractivity contribution >= 4 is 28.9 Å². The molecule has 2 N–H and O–H groups in total. The number of hydrogen-bond acceptors (Lipinski definition) is 4. The Hall–Kier alpha value is -2.24. The number of aryl methyl sites for hydroxylation is 1. The van der Waals surface area contributed by atoms with Gasteiger partial charge in [0.1, 0.15) is 5.75 Å². The standard InChI is InChI=1S/C20H24ClN3O2/c1-3-23-8-10-24(11-9-23)18-6-5-16(12-14(18)2)22-20(26)17-13-15(21)4-7-19(17)25/h4-7,12-13,25H,3,8-11H2,1-2H3,(H,22,26). The van der Waals surface area contributed by atoms with Crippen LogP contribution in [0.5, 0.6) is 5.75 Å². The van der Waals surface area contributed by atoms with Gasteiger partial charge in [0.05, 0.1) is 5.56 Å². The maximum absolute atomic E-state index is 12.4. The third-order valence-corrected chi connectivity index (χ3v) is 5.05. The number of anilines is 2. The van der Waals surface area contributed by atoms with E-state index < -0.39 is 0 Å². The molecule has 1 aliphatic rings. The molecule has 0 spiro atoms. The molecule has 0 saturated carbocycles. The van der Waals surface area contributed by atoms with Gasteiger partial charge in [-0.25, -0.2) is 0 Å². The summed E-state index contributed by atoms with van der Waals surface area (Å²) < 4.78 is 0. The van der Waals surface area contributed by atoms with Gasteiger partial charge in [-0.1, -0.05) is 18.5 Å². The van der Waals surface area contributed by atoms with Gasteiger partial charge in [0, 0.05) is 42.6 Å². The van der Waals surface area contributed by atoms with E-state index in [0.29, 0.717) is 10.7 Å². The van der Waals surface area contributed by atoms with E-state index >= 15 is 0 Å². The van der Waals surface area contributed by atoms with Crippen LogP contribution in [-0.2, 0) is 0 Å². The highest BCUT2D eigenvalue weighted by molar-refractivity contribution is 6.31. The molecule has 26 heavy (non-hydrogen) atoms. The number of phenolic OH excluding ortho intramolecular Hbond substituents is 1. The molecule has 2 aromatic carbocycles. The van der Waals surface area contributed by atoms with Crippen molar-refractivity contribution in [2.75, 3.05) is 42.9 Å². The van der Waals surface area contributed by atoms with Crippen LogP contribution in [-0.4, -0.2) is 48.6 Å². The summed E-state index contributed by atoms with van der Waals surface area (Å²) in [5, 5.41) is 13.1. The molecule has 0 bridgehead atoms. The van der Waals surface area contributed by atoms with Gasteiger partial charge in [-0.05, 0) is 55.4 Å². The Morgan fingerprint density at radius 3 is 2.54 bits per heavy atom. The molecule has 1 aliphatic heterocycles. The Kier molecular flexibility index (Phi) is 5.69. The zero-order chi connectivity index (χ0) is 18.7. The van der Waals surface area contributed by atoms with Gasteiger partial charge in [-0.2, -0.15) is 0 Å². The number of hydrogen-bond donors (Lipinski definition) is 2. The second kappa shape index (κ2) is 7.98. The first-order chi connectivity index (χ1) is 12.5. The molecule has 1 amide bonds. The molecular formula is C20H24ClN3O2. The Labute approximate surface area is 159 Å². The van der Waals surface area contributed by atoms with Crippen LogP contribution in [0.1, 0.15) is 22.8 Å². The lowest BCUT2D eigenvalue weighted by Crippen LogP contribution is -2.46. The molecule has 1 fully saturated rings. The van der Waals surface area contributed by atoms with Crippen molar-refractivity contribution in [3.8, 4) is 5.75 Å². The van der Waals surface area contributed by atoms with Gasteiger partial charge in [-0.3, -0.25) is 4.79 Å². The minimum Gasteiger partial charge on any atom is -0.507 e. The summed E-state index contributed by atoms with van der Waals surface area (Å²) >= 11 is 5.92. The number of amides is 1. The van der Waals surface area contributed by atoms with Gasteiger partial charge >= 0.3 is 0 Å². The van der Waals surface area contributed by atoms with Crippen LogP contribution in [0.2, 0.25) is 5.02 Å². The Balaban J connectivity index is 1.71. The molecule has 1 saturated heterocycles. The van der Waals surface area contributed by atoms with E-state index in [9.17, 15) is 9.90 Å². The Morgan fingerprint density at radius 1 is 1.15 bits per heavy atom. The van der Waals surface area contributed by atoms with Crippen LogP contribution in [0, 0.1) is 6.92 Å². The summed E-state index contributed by atoms with van der Waals surface area (Å²) in [6.45, 7) is 9.50. The Morgan fingerprint density at radius 2 is 1.88 bits per heavy atom. The molecule has 6 heteroatoms. The highest BCUT2D eigenvalue weighted by Crippen LogP contribution is 2.26. The van der Waals surface area contributed by atoms with E-state index in [-0.39, 0.29) is 17.2 Å². The second-order valence-electron chi connectivity index (χ2n) is 6.54. The number of likely N-dealkylation sites (N-methyl/N-ethyl adjacent to an activating group) is 1. The van der Waals surface area contributed by atoms with Crippen molar-refractivity contribution in [3.63, 3.8) is 0 Å². The number of aromatic hydroxyl groups is 1. The molecule has 0 radical (unpaired) electrons. The second-order valence-corrected chi connectivity index (χ2v) is 6.97. The van der Waals surface area contributed by atoms with E-state index in [1.54, 1.807) is 6.07 Å². The highest BCUT2D eigenvalue weighted by atomic mass is 35.5. The number of piperazine rings is 1. The molecule has 138 valence electrons. The number of halogens is 1. The first-order valence-electron chi connectivity index (χ1n) is 8.85. The molecule has 2 aromatic rings. The third kappa shape index (κ3) is 4.11. The van der Waals surface area contributed by atoms with Crippen molar-refractivity contribution in [1.82, 2.24) is 4.90 Å². The maximum atomic E-state index is 12.4. The molecule has 3 rings (SSSR count). The third-order valence-electron chi connectivity index (χ3n) is 4.82. The fourth-order valence-corrected chi connectivity index (χ4v) is 3.45. The van der Waals surface area contributed by atoms with Gasteiger partial charge in [-0.15, -0.1) is 0 Å². The number of phenols is 1. The van der Waals surface area contributed by atoms with E-state index in [1.807, 2.05) is 25.1 Å². The minimum absolute atomic E-state index is 0.0889. The fraction of sp³-hybridized carbons (Fsp3) is 0.350. The maximum Gasteiger partial charge on any atom is 0.259 e. The van der Waals surface area contributed by atoms with Crippen LogP contribution in [0.15, 0.2) is 36.4 Å². The lowest BCUT2D eigenvalue weighted by Gasteiger charge is -2.36. The van der Waals surface area contributed by atoms with E-state index in [4.69, 9.17) is 11.6 Å². The number of carbonyl (C=O) groups excluding carboxylic acids is 1. The predicted molar refractivity (Wildman–Crippen MR) is 107 cm³/mol. The molecule has 0 aromatic heterocycles. The Bertz CT molecular complexity index is 802. The van der Waals surface area contributed by atoms with Crippen LogP contribution < -0.4 is 10.2 Å². The monoisotopic (exact) mass is 373 g/mol. The molecule has 5 nitrogen and oxygen atoms in total. The molecule has 1 heterocycles.